The lowest BCUT2D eigenvalue weighted by molar-refractivity contribution is 0.0553. The Kier molecular flexibility index (Phi) is 4.08. The number of hydrogen-bond donors (Lipinski definition) is 1. The number of ether oxygens (including phenoxy) is 1. The lowest BCUT2D eigenvalue weighted by Crippen LogP contribution is -2.09. The highest BCUT2D eigenvalue weighted by molar-refractivity contribution is 6.09. The minimum absolute atomic E-state index is 0.0937. The average molecular weight is 358 g/mol. The van der Waals surface area contributed by atoms with E-state index in [-0.39, 0.29) is 18.0 Å². The molecule has 0 atom stereocenters. The first-order valence-electron chi connectivity index (χ1n) is 8.52. The van der Waals surface area contributed by atoms with Crippen LogP contribution in [0.4, 0.5) is 5.82 Å². The molecule has 2 aromatic heterocycles. The van der Waals surface area contributed by atoms with Crippen LogP contribution in [-0.2, 0) is 4.74 Å². The van der Waals surface area contributed by atoms with Crippen LogP contribution in [0.5, 0.6) is 0 Å². The maximum atomic E-state index is 12.6. The standard InChI is InChI=1S/C21H18N4O2/c1-3-12-27-21(26)17-18-20(24-16-7-5-4-6-15(16)23-18)25(19(17)22)14-10-8-13(2)9-11-14/h3-11H,1,12,22H2,2H3. The zero-order valence-corrected chi connectivity index (χ0v) is 14.8. The van der Waals surface area contributed by atoms with Gasteiger partial charge in [-0.05, 0) is 31.2 Å². The van der Waals surface area contributed by atoms with Crippen LogP contribution in [0.3, 0.4) is 0 Å². The first-order valence-corrected chi connectivity index (χ1v) is 8.52. The molecular weight excluding hydrogens is 340 g/mol. The number of fused-ring (bicyclic) bond motifs is 2. The zero-order valence-electron chi connectivity index (χ0n) is 14.8. The summed E-state index contributed by atoms with van der Waals surface area (Å²) in [6.45, 7) is 5.67. The number of nitrogens with two attached hydrogens (primary N) is 1. The SMILES string of the molecule is C=CCOC(=O)c1c(N)n(-c2ccc(C)cc2)c2nc3ccccc3nc12. The largest absolute Gasteiger partial charge is 0.458 e. The highest BCUT2D eigenvalue weighted by atomic mass is 16.5. The van der Waals surface area contributed by atoms with E-state index in [0.717, 1.165) is 16.8 Å². The van der Waals surface area contributed by atoms with Gasteiger partial charge in [0, 0.05) is 5.69 Å². The van der Waals surface area contributed by atoms with Crippen LogP contribution < -0.4 is 5.73 Å². The quantitative estimate of drug-likeness (QED) is 0.443. The van der Waals surface area contributed by atoms with Crippen molar-refractivity contribution >= 4 is 34.0 Å². The van der Waals surface area contributed by atoms with Crippen molar-refractivity contribution < 1.29 is 9.53 Å². The Morgan fingerprint density at radius 1 is 1.15 bits per heavy atom. The van der Waals surface area contributed by atoms with Gasteiger partial charge >= 0.3 is 5.97 Å². The number of hydrogen-bond acceptors (Lipinski definition) is 5. The first kappa shape index (κ1) is 16.8. The maximum Gasteiger partial charge on any atom is 0.344 e. The molecule has 0 radical (unpaired) electrons. The molecule has 0 saturated heterocycles. The van der Waals surface area contributed by atoms with Gasteiger partial charge in [-0.25, -0.2) is 14.8 Å². The van der Waals surface area contributed by atoms with E-state index in [1.807, 2.05) is 55.5 Å². The third kappa shape index (κ3) is 2.81. The maximum absolute atomic E-state index is 12.6. The van der Waals surface area contributed by atoms with Gasteiger partial charge in [0.2, 0.25) is 0 Å². The summed E-state index contributed by atoms with van der Waals surface area (Å²) in [5.74, 6) is -0.300. The molecule has 0 aliphatic carbocycles. The molecule has 134 valence electrons. The topological polar surface area (TPSA) is 83.0 Å². The Morgan fingerprint density at radius 2 is 1.81 bits per heavy atom. The summed E-state index contributed by atoms with van der Waals surface area (Å²) in [7, 11) is 0. The van der Waals surface area contributed by atoms with Crippen molar-refractivity contribution in [1.82, 2.24) is 14.5 Å². The molecule has 4 rings (SSSR count). The second-order valence-corrected chi connectivity index (χ2v) is 6.20. The highest BCUT2D eigenvalue weighted by Gasteiger charge is 2.25. The minimum Gasteiger partial charge on any atom is -0.458 e. The van der Waals surface area contributed by atoms with Gasteiger partial charge in [-0.15, -0.1) is 0 Å². The number of para-hydroxylation sites is 2. The van der Waals surface area contributed by atoms with Crippen LogP contribution in [0.2, 0.25) is 0 Å². The fraction of sp³-hybridized carbons (Fsp3) is 0.0952. The van der Waals surface area contributed by atoms with Gasteiger partial charge in [0.05, 0.1) is 11.0 Å². The number of carbonyl (C=O) groups is 1. The number of rotatable bonds is 4. The second-order valence-electron chi connectivity index (χ2n) is 6.20. The van der Waals surface area contributed by atoms with Crippen LogP contribution >= 0.6 is 0 Å². The molecule has 4 aromatic rings. The van der Waals surface area contributed by atoms with Gasteiger partial charge in [-0.2, -0.15) is 0 Å². The monoisotopic (exact) mass is 358 g/mol. The summed E-state index contributed by atoms with van der Waals surface area (Å²) < 4.78 is 6.96. The van der Waals surface area contributed by atoms with Gasteiger partial charge in [-0.3, -0.25) is 4.57 Å². The molecule has 0 unspecified atom stereocenters. The van der Waals surface area contributed by atoms with E-state index in [1.54, 1.807) is 4.57 Å². The van der Waals surface area contributed by atoms with E-state index in [0.29, 0.717) is 16.7 Å². The normalized spacial score (nSPS) is 11.0. The van der Waals surface area contributed by atoms with Gasteiger partial charge < -0.3 is 10.5 Å². The number of aromatic nitrogens is 3. The summed E-state index contributed by atoms with van der Waals surface area (Å²) in [5, 5.41) is 0. The highest BCUT2D eigenvalue weighted by Crippen LogP contribution is 2.31. The molecule has 0 spiro atoms. The van der Waals surface area contributed by atoms with Gasteiger partial charge in [-0.1, -0.05) is 42.5 Å². The number of anilines is 1. The first-order chi connectivity index (χ1) is 13.1. The predicted octanol–water partition coefficient (Wildman–Crippen LogP) is 3.81. The molecule has 0 aliphatic rings. The molecule has 0 fully saturated rings. The van der Waals surface area contributed by atoms with Crippen molar-refractivity contribution in [3.05, 3.63) is 72.3 Å². The number of esters is 1. The minimum atomic E-state index is -0.548. The van der Waals surface area contributed by atoms with Crippen molar-refractivity contribution in [3.8, 4) is 5.69 Å². The fourth-order valence-electron chi connectivity index (χ4n) is 3.02. The van der Waals surface area contributed by atoms with Crippen LogP contribution in [-0.4, -0.2) is 27.1 Å². The van der Waals surface area contributed by atoms with Crippen molar-refractivity contribution in [2.24, 2.45) is 0 Å². The third-order valence-corrected chi connectivity index (χ3v) is 4.33. The van der Waals surface area contributed by atoms with E-state index in [2.05, 4.69) is 11.6 Å². The number of nitrogen functional groups attached to an aromatic ring is 1. The van der Waals surface area contributed by atoms with Crippen LogP contribution in [0.25, 0.3) is 27.9 Å². The molecule has 0 saturated carbocycles. The molecule has 2 heterocycles. The molecule has 6 heteroatoms. The Bertz CT molecular complexity index is 1180. The molecule has 0 bridgehead atoms. The molecule has 27 heavy (non-hydrogen) atoms. The third-order valence-electron chi connectivity index (χ3n) is 4.33. The number of nitrogens with zero attached hydrogens (tertiary/aromatic N) is 3. The summed E-state index contributed by atoms with van der Waals surface area (Å²) in [5.41, 5.74) is 10.9. The lowest BCUT2D eigenvalue weighted by atomic mass is 10.2. The summed E-state index contributed by atoms with van der Waals surface area (Å²) in [6, 6.07) is 15.3. The fourth-order valence-corrected chi connectivity index (χ4v) is 3.02. The van der Waals surface area contributed by atoms with Gasteiger partial charge in [0.1, 0.15) is 23.5 Å². The Hall–Kier alpha value is -3.67. The predicted molar refractivity (Wildman–Crippen MR) is 106 cm³/mol. The summed E-state index contributed by atoms with van der Waals surface area (Å²) >= 11 is 0. The van der Waals surface area contributed by atoms with Crippen molar-refractivity contribution in [1.29, 1.82) is 0 Å². The summed E-state index contributed by atoms with van der Waals surface area (Å²) in [4.78, 5) is 22.0. The van der Waals surface area contributed by atoms with Crippen LogP contribution in [0.15, 0.2) is 61.2 Å². The molecule has 2 aromatic carbocycles. The number of carbonyl (C=O) groups excluding carboxylic acids is 1. The van der Waals surface area contributed by atoms with Gasteiger partial charge in [0.15, 0.2) is 5.65 Å². The molecule has 6 nitrogen and oxygen atoms in total. The smallest absolute Gasteiger partial charge is 0.344 e. The van der Waals surface area contributed by atoms with Gasteiger partial charge in [0.25, 0.3) is 0 Å². The van der Waals surface area contributed by atoms with E-state index < -0.39 is 5.97 Å². The van der Waals surface area contributed by atoms with Crippen molar-refractivity contribution in [2.45, 2.75) is 6.92 Å². The second kappa shape index (κ2) is 6.57. The number of benzene rings is 2. The Balaban J connectivity index is 2.05. The average Bonchev–Trinajstić information content (AvgIpc) is 2.96. The molecular formula is C21H18N4O2. The van der Waals surface area contributed by atoms with Crippen molar-refractivity contribution in [3.63, 3.8) is 0 Å². The molecule has 0 aliphatic heterocycles. The van der Waals surface area contributed by atoms with E-state index in [4.69, 9.17) is 15.5 Å². The number of aryl methyl sites for hydroxylation is 1. The van der Waals surface area contributed by atoms with E-state index in [1.165, 1.54) is 6.08 Å². The Labute approximate surface area is 155 Å². The van der Waals surface area contributed by atoms with Crippen LogP contribution in [0, 0.1) is 6.92 Å². The van der Waals surface area contributed by atoms with E-state index >= 15 is 0 Å². The summed E-state index contributed by atoms with van der Waals surface area (Å²) in [6.07, 6.45) is 1.51. The van der Waals surface area contributed by atoms with Crippen LogP contribution in [0.1, 0.15) is 15.9 Å². The Morgan fingerprint density at radius 3 is 2.48 bits per heavy atom. The molecule has 2 N–H and O–H groups in total. The van der Waals surface area contributed by atoms with Crippen molar-refractivity contribution in [2.75, 3.05) is 12.3 Å². The lowest BCUT2D eigenvalue weighted by Gasteiger charge is -2.08. The van der Waals surface area contributed by atoms with E-state index in [9.17, 15) is 4.79 Å². The zero-order chi connectivity index (χ0) is 19.0. The molecule has 0 amide bonds.